The highest BCUT2D eigenvalue weighted by molar-refractivity contribution is 5.80. The minimum atomic E-state index is -0.722. The molecular formula is C19H25NO3. The Hall–Kier alpha value is -1.84. The first-order valence-corrected chi connectivity index (χ1v) is 8.71. The van der Waals surface area contributed by atoms with Crippen LogP contribution in [0.3, 0.4) is 0 Å². The van der Waals surface area contributed by atoms with Gasteiger partial charge in [0.25, 0.3) is 0 Å². The van der Waals surface area contributed by atoms with Gasteiger partial charge in [-0.3, -0.25) is 9.59 Å². The van der Waals surface area contributed by atoms with Crippen LogP contribution < -0.4 is 5.32 Å². The van der Waals surface area contributed by atoms with Crippen LogP contribution in [0.15, 0.2) is 30.3 Å². The molecule has 0 aliphatic heterocycles. The van der Waals surface area contributed by atoms with Crippen molar-refractivity contribution in [2.75, 3.05) is 0 Å². The Bertz CT molecular complexity index is 555. The Morgan fingerprint density at radius 1 is 0.957 bits per heavy atom. The van der Waals surface area contributed by atoms with E-state index in [1.54, 1.807) is 0 Å². The molecule has 2 N–H and O–H groups in total. The summed E-state index contributed by atoms with van der Waals surface area (Å²) >= 11 is 0. The highest BCUT2D eigenvalue weighted by Gasteiger charge is 2.39. The molecule has 0 spiro atoms. The molecule has 23 heavy (non-hydrogen) atoms. The van der Waals surface area contributed by atoms with Crippen LogP contribution in [0.4, 0.5) is 0 Å². The third-order valence-corrected chi connectivity index (χ3v) is 5.59. The van der Waals surface area contributed by atoms with Crippen molar-refractivity contribution in [2.24, 2.45) is 11.8 Å². The molecule has 124 valence electrons. The molecule has 3 rings (SSSR count). The van der Waals surface area contributed by atoms with Gasteiger partial charge in [0.15, 0.2) is 0 Å². The second kappa shape index (κ2) is 6.73. The highest BCUT2D eigenvalue weighted by atomic mass is 16.4. The number of carbonyl (C=O) groups is 2. The zero-order chi connectivity index (χ0) is 16.3. The molecule has 0 aromatic heterocycles. The van der Waals surface area contributed by atoms with Crippen LogP contribution in [0.2, 0.25) is 0 Å². The van der Waals surface area contributed by atoms with Crippen molar-refractivity contribution in [1.29, 1.82) is 0 Å². The van der Waals surface area contributed by atoms with Crippen LogP contribution in [0.5, 0.6) is 0 Å². The van der Waals surface area contributed by atoms with Crippen molar-refractivity contribution in [3.63, 3.8) is 0 Å². The van der Waals surface area contributed by atoms with E-state index in [0.717, 1.165) is 25.7 Å². The van der Waals surface area contributed by atoms with Gasteiger partial charge in [-0.05, 0) is 44.1 Å². The van der Waals surface area contributed by atoms with E-state index in [1.165, 1.54) is 5.56 Å². The first kappa shape index (κ1) is 16.0. The van der Waals surface area contributed by atoms with Gasteiger partial charge in [-0.2, -0.15) is 0 Å². The van der Waals surface area contributed by atoms with Crippen molar-refractivity contribution in [2.45, 2.75) is 56.9 Å². The molecule has 4 heteroatoms. The standard InChI is InChI=1S/C19H25NO3/c21-17(14-8-10-15(11-9-14)18(22)23)20-19(12-4-5-13-19)16-6-2-1-3-7-16/h1-3,6-7,14-15H,4-5,8-13H2,(H,20,21)(H,22,23). The van der Waals surface area contributed by atoms with Crippen molar-refractivity contribution in [3.05, 3.63) is 35.9 Å². The maximum Gasteiger partial charge on any atom is 0.306 e. The number of rotatable bonds is 4. The minimum absolute atomic E-state index is 0.0354. The molecule has 0 heterocycles. The quantitative estimate of drug-likeness (QED) is 0.894. The lowest BCUT2D eigenvalue weighted by molar-refractivity contribution is -0.144. The van der Waals surface area contributed by atoms with E-state index in [0.29, 0.717) is 25.7 Å². The maximum atomic E-state index is 12.8. The molecule has 0 unspecified atom stereocenters. The van der Waals surface area contributed by atoms with Crippen LogP contribution in [-0.4, -0.2) is 17.0 Å². The van der Waals surface area contributed by atoms with Gasteiger partial charge in [0, 0.05) is 5.92 Å². The van der Waals surface area contributed by atoms with Crippen LogP contribution in [0, 0.1) is 11.8 Å². The lowest BCUT2D eigenvalue weighted by atomic mass is 9.80. The summed E-state index contributed by atoms with van der Waals surface area (Å²) in [6.45, 7) is 0. The zero-order valence-corrected chi connectivity index (χ0v) is 13.5. The number of hydrogen-bond donors (Lipinski definition) is 2. The van der Waals surface area contributed by atoms with E-state index < -0.39 is 5.97 Å². The van der Waals surface area contributed by atoms with Crippen molar-refractivity contribution in [3.8, 4) is 0 Å². The summed E-state index contributed by atoms with van der Waals surface area (Å²) in [6.07, 6.45) is 6.88. The lowest BCUT2D eigenvalue weighted by Crippen LogP contribution is -2.47. The van der Waals surface area contributed by atoms with Crippen LogP contribution >= 0.6 is 0 Å². The van der Waals surface area contributed by atoms with E-state index in [1.807, 2.05) is 18.2 Å². The normalized spacial score (nSPS) is 26.6. The molecule has 0 saturated heterocycles. The molecular weight excluding hydrogens is 290 g/mol. The van der Waals surface area contributed by atoms with Gasteiger partial charge < -0.3 is 10.4 Å². The molecule has 1 aromatic carbocycles. The summed E-state index contributed by atoms with van der Waals surface area (Å²) in [6, 6.07) is 10.3. The van der Waals surface area contributed by atoms with E-state index in [4.69, 9.17) is 5.11 Å². The summed E-state index contributed by atoms with van der Waals surface area (Å²) in [5.41, 5.74) is 0.979. The summed E-state index contributed by atoms with van der Waals surface area (Å²) in [5, 5.41) is 12.4. The Labute approximate surface area is 137 Å². The molecule has 0 bridgehead atoms. The van der Waals surface area contributed by atoms with E-state index in [9.17, 15) is 9.59 Å². The van der Waals surface area contributed by atoms with Gasteiger partial charge in [0.1, 0.15) is 0 Å². The fourth-order valence-corrected chi connectivity index (χ4v) is 4.16. The lowest BCUT2D eigenvalue weighted by Gasteiger charge is -2.34. The van der Waals surface area contributed by atoms with Gasteiger partial charge in [-0.1, -0.05) is 43.2 Å². The average molecular weight is 315 g/mol. The van der Waals surface area contributed by atoms with Gasteiger partial charge >= 0.3 is 5.97 Å². The number of hydrogen-bond acceptors (Lipinski definition) is 2. The molecule has 1 aromatic rings. The molecule has 0 atom stereocenters. The molecule has 0 radical (unpaired) electrons. The topological polar surface area (TPSA) is 66.4 Å². The number of amides is 1. The zero-order valence-electron chi connectivity index (χ0n) is 13.5. The molecule has 2 saturated carbocycles. The Balaban J connectivity index is 1.67. The van der Waals surface area contributed by atoms with E-state index >= 15 is 0 Å². The van der Waals surface area contributed by atoms with Crippen LogP contribution in [0.25, 0.3) is 0 Å². The Morgan fingerprint density at radius 3 is 2.09 bits per heavy atom. The SMILES string of the molecule is O=C(O)C1CCC(C(=O)NC2(c3ccccc3)CCCC2)CC1. The second-order valence-corrected chi connectivity index (χ2v) is 7.03. The molecule has 2 fully saturated rings. The number of benzene rings is 1. The van der Waals surface area contributed by atoms with Crippen LogP contribution in [-0.2, 0) is 15.1 Å². The Morgan fingerprint density at radius 2 is 1.52 bits per heavy atom. The van der Waals surface area contributed by atoms with Crippen LogP contribution in [0.1, 0.15) is 56.9 Å². The molecule has 2 aliphatic rings. The Kier molecular flexibility index (Phi) is 4.69. The van der Waals surface area contributed by atoms with Gasteiger partial charge in [0.05, 0.1) is 11.5 Å². The third-order valence-electron chi connectivity index (χ3n) is 5.59. The first-order chi connectivity index (χ1) is 11.1. The monoisotopic (exact) mass is 315 g/mol. The minimum Gasteiger partial charge on any atom is -0.481 e. The highest BCUT2D eigenvalue weighted by Crippen LogP contribution is 2.39. The number of nitrogens with one attached hydrogen (secondary N) is 1. The van der Waals surface area contributed by atoms with E-state index in [-0.39, 0.29) is 23.3 Å². The summed E-state index contributed by atoms with van der Waals surface area (Å²) in [5.74, 6) is -0.916. The largest absolute Gasteiger partial charge is 0.481 e. The fraction of sp³-hybridized carbons (Fsp3) is 0.579. The number of carboxylic acid groups (broad SMARTS) is 1. The van der Waals surface area contributed by atoms with Gasteiger partial charge in [-0.15, -0.1) is 0 Å². The predicted molar refractivity (Wildman–Crippen MR) is 87.8 cm³/mol. The van der Waals surface area contributed by atoms with E-state index in [2.05, 4.69) is 17.4 Å². The van der Waals surface area contributed by atoms with Gasteiger partial charge in [-0.25, -0.2) is 0 Å². The predicted octanol–water partition coefficient (Wildman–Crippen LogP) is 3.46. The second-order valence-electron chi connectivity index (χ2n) is 7.03. The average Bonchev–Trinajstić information content (AvgIpc) is 3.05. The molecule has 2 aliphatic carbocycles. The smallest absolute Gasteiger partial charge is 0.306 e. The van der Waals surface area contributed by atoms with Crippen molar-refractivity contribution >= 4 is 11.9 Å². The van der Waals surface area contributed by atoms with Crippen molar-refractivity contribution in [1.82, 2.24) is 5.32 Å². The third kappa shape index (κ3) is 3.41. The summed E-state index contributed by atoms with van der Waals surface area (Å²) < 4.78 is 0. The summed E-state index contributed by atoms with van der Waals surface area (Å²) in [7, 11) is 0. The number of carbonyl (C=O) groups excluding carboxylic acids is 1. The number of carboxylic acids is 1. The maximum absolute atomic E-state index is 12.8. The first-order valence-electron chi connectivity index (χ1n) is 8.71. The molecule has 4 nitrogen and oxygen atoms in total. The van der Waals surface area contributed by atoms with Gasteiger partial charge in [0.2, 0.25) is 5.91 Å². The number of aliphatic carboxylic acids is 1. The fourth-order valence-electron chi connectivity index (χ4n) is 4.16. The summed E-state index contributed by atoms with van der Waals surface area (Å²) in [4.78, 5) is 23.8. The molecule has 1 amide bonds. The van der Waals surface area contributed by atoms with Crippen molar-refractivity contribution < 1.29 is 14.7 Å².